The molecule has 0 aliphatic heterocycles. The Labute approximate surface area is 109 Å². The maximum Gasteiger partial charge on any atom is 0.311 e. The molecule has 0 saturated heterocycles. The molecule has 4 heteroatoms. The van der Waals surface area contributed by atoms with Crippen LogP contribution in [0.4, 0.5) is 0 Å². The molecule has 0 aromatic heterocycles. The minimum atomic E-state index is -0.845. The van der Waals surface area contributed by atoms with E-state index in [4.69, 9.17) is 5.11 Å². The highest BCUT2D eigenvalue weighted by Gasteiger charge is 2.31. The van der Waals surface area contributed by atoms with Crippen molar-refractivity contribution in [3.63, 3.8) is 0 Å². The van der Waals surface area contributed by atoms with E-state index in [1.54, 1.807) is 6.92 Å². The van der Waals surface area contributed by atoms with Gasteiger partial charge in [-0.3, -0.25) is 9.59 Å². The van der Waals surface area contributed by atoms with Crippen LogP contribution in [0.5, 0.6) is 0 Å². The smallest absolute Gasteiger partial charge is 0.311 e. The van der Waals surface area contributed by atoms with Crippen LogP contribution in [-0.4, -0.2) is 23.5 Å². The Bertz CT molecular complexity index is 297. The summed E-state index contributed by atoms with van der Waals surface area (Å²) in [5.41, 5.74) is -0.845. The lowest BCUT2D eigenvalue weighted by atomic mass is 9.86. The number of nitrogens with one attached hydrogen (secondary N) is 1. The molecule has 1 fully saturated rings. The van der Waals surface area contributed by atoms with Gasteiger partial charge in [-0.2, -0.15) is 0 Å². The van der Waals surface area contributed by atoms with E-state index in [0.717, 1.165) is 12.8 Å². The van der Waals surface area contributed by atoms with E-state index in [1.807, 2.05) is 6.92 Å². The van der Waals surface area contributed by atoms with Gasteiger partial charge in [0.15, 0.2) is 0 Å². The van der Waals surface area contributed by atoms with Crippen molar-refractivity contribution in [1.29, 1.82) is 0 Å². The highest BCUT2D eigenvalue weighted by molar-refractivity contribution is 5.78. The second kappa shape index (κ2) is 6.76. The molecule has 0 heterocycles. The number of carbonyl (C=O) groups excluding carboxylic acids is 1. The van der Waals surface area contributed by atoms with Gasteiger partial charge in [-0.25, -0.2) is 0 Å². The van der Waals surface area contributed by atoms with E-state index < -0.39 is 11.4 Å². The molecule has 1 unspecified atom stereocenters. The lowest BCUT2D eigenvalue weighted by Gasteiger charge is -2.25. The number of carboxylic acid groups (broad SMARTS) is 1. The molecule has 104 valence electrons. The summed E-state index contributed by atoms with van der Waals surface area (Å²) in [7, 11) is 0. The molecular weight excluding hydrogens is 230 g/mol. The molecule has 1 amide bonds. The summed E-state index contributed by atoms with van der Waals surface area (Å²) in [5.74, 6) is -0.345. The Kier molecular flexibility index (Phi) is 5.63. The summed E-state index contributed by atoms with van der Waals surface area (Å²) in [6.45, 7) is 3.74. The maximum absolute atomic E-state index is 11.8. The van der Waals surface area contributed by atoms with Gasteiger partial charge in [0.2, 0.25) is 5.91 Å². The number of amides is 1. The Morgan fingerprint density at radius 3 is 2.39 bits per heavy atom. The zero-order valence-corrected chi connectivity index (χ0v) is 11.5. The monoisotopic (exact) mass is 255 g/mol. The van der Waals surface area contributed by atoms with Crippen molar-refractivity contribution >= 4 is 11.9 Å². The van der Waals surface area contributed by atoms with Crippen LogP contribution in [0.15, 0.2) is 0 Å². The highest BCUT2D eigenvalue weighted by atomic mass is 16.4. The van der Waals surface area contributed by atoms with Crippen LogP contribution in [0.1, 0.15) is 58.8 Å². The highest BCUT2D eigenvalue weighted by Crippen LogP contribution is 2.26. The van der Waals surface area contributed by atoms with Crippen molar-refractivity contribution in [3.8, 4) is 0 Å². The number of hydrogen-bond donors (Lipinski definition) is 2. The van der Waals surface area contributed by atoms with E-state index in [-0.39, 0.29) is 12.5 Å². The Balaban J connectivity index is 2.33. The number of carbonyl (C=O) groups is 2. The molecule has 1 rings (SSSR count). The second-order valence-electron chi connectivity index (χ2n) is 5.70. The van der Waals surface area contributed by atoms with Crippen molar-refractivity contribution in [2.24, 2.45) is 11.3 Å². The normalized spacial score (nSPS) is 20.1. The molecule has 18 heavy (non-hydrogen) atoms. The molecule has 0 aromatic carbocycles. The van der Waals surface area contributed by atoms with E-state index in [0.29, 0.717) is 18.8 Å². The number of carboxylic acids is 1. The van der Waals surface area contributed by atoms with Crippen molar-refractivity contribution in [2.75, 3.05) is 6.54 Å². The van der Waals surface area contributed by atoms with Gasteiger partial charge >= 0.3 is 5.97 Å². The minimum absolute atomic E-state index is 0.00262. The lowest BCUT2D eigenvalue weighted by molar-refractivity contribution is -0.148. The van der Waals surface area contributed by atoms with Crippen LogP contribution in [0.2, 0.25) is 0 Å². The average Bonchev–Trinajstić information content (AvgIpc) is 2.37. The number of rotatable bonds is 6. The lowest BCUT2D eigenvalue weighted by Crippen LogP contribution is -2.41. The standard InChI is InChI=1S/C14H25NO3/c1-3-14(2,13(17)18)10-15-12(16)9-11-7-5-4-6-8-11/h11H,3-10H2,1-2H3,(H,15,16)(H,17,18). The first-order chi connectivity index (χ1) is 8.48. The number of hydrogen-bond acceptors (Lipinski definition) is 2. The summed E-state index contributed by atoms with van der Waals surface area (Å²) in [6, 6.07) is 0. The summed E-state index contributed by atoms with van der Waals surface area (Å²) in [4.78, 5) is 22.9. The fraction of sp³-hybridized carbons (Fsp3) is 0.857. The third-order valence-corrected chi connectivity index (χ3v) is 4.17. The van der Waals surface area contributed by atoms with Crippen LogP contribution < -0.4 is 5.32 Å². The first-order valence-corrected chi connectivity index (χ1v) is 6.98. The molecule has 2 N–H and O–H groups in total. The van der Waals surface area contributed by atoms with Gasteiger partial charge in [-0.1, -0.05) is 26.2 Å². The predicted molar refractivity (Wildman–Crippen MR) is 70.2 cm³/mol. The third kappa shape index (κ3) is 4.31. The maximum atomic E-state index is 11.8. The van der Waals surface area contributed by atoms with Gasteiger partial charge < -0.3 is 10.4 Å². The zero-order valence-electron chi connectivity index (χ0n) is 11.5. The third-order valence-electron chi connectivity index (χ3n) is 4.17. The van der Waals surface area contributed by atoms with E-state index in [2.05, 4.69) is 5.32 Å². The predicted octanol–water partition coefficient (Wildman–Crippen LogP) is 2.57. The minimum Gasteiger partial charge on any atom is -0.481 e. The van der Waals surface area contributed by atoms with Gasteiger partial charge in [0.25, 0.3) is 0 Å². The molecule has 1 aliphatic carbocycles. The number of aliphatic carboxylic acids is 1. The molecule has 1 atom stereocenters. The first-order valence-electron chi connectivity index (χ1n) is 6.98. The largest absolute Gasteiger partial charge is 0.481 e. The summed E-state index contributed by atoms with van der Waals surface area (Å²) in [6.07, 6.45) is 7.07. The van der Waals surface area contributed by atoms with Crippen LogP contribution in [0.25, 0.3) is 0 Å². The van der Waals surface area contributed by atoms with Crippen molar-refractivity contribution in [2.45, 2.75) is 58.8 Å². The molecule has 0 radical (unpaired) electrons. The van der Waals surface area contributed by atoms with Gasteiger partial charge in [-0.15, -0.1) is 0 Å². The van der Waals surface area contributed by atoms with Crippen molar-refractivity contribution in [1.82, 2.24) is 5.32 Å². The SMILES string of the molecule is CCC(C)(CNC(=O)CC1CCCCC1)C(=O)O. The van der Waals surface area contributed by atoms with Gasteiger partial charge in [0.1, 0.15) is 0 Å². The van der Waals surface area contributed by atoms with E-state index in [9.17, 15) is 9.59 Å². The molecule has 4 nitrogen and oxygen atoms in total. The van der Waals surface area contributed by atoms with Crippen LogP contribution >= 0.6 is 0 Å². The fourth-order valence-electron chi connectivity index (χ4n) is 2.37. The van der Waals surface area contributed by atoms with Crippen LogP contribution in [0.3, 0.4) is 0 Å². The Morgan fingerprint density at radius 1 is 1.28 bits per heavy atom. The average molecular weight is 255 g/mol. The van der Waals surface area contributed by atoms with E-state index >= 15 is 0 Å². The molecule has 0 spiro atoms. The molecule has 1 saturated carbocycles. The second-order valence-corrected chi connectivity index (χ2v) is 5.70. The van der Waals surface area contributed by atoms with Gasteiger partial charge in [0.05, 0.1) is 5.41 Å². The molecule has 1 aliphatic rings. The van der Waals surface area contributed by atoms with Gasteiger partial charge in [-0.05, 0) is 32.1 Å². The van der Waals surface area contributed by atoms with Crippen molar-refractivity contribution in [3.05, 3.63) is 0 Å². The fourth-order valence-corrected chi connectivity index (χ4v) is 2.37. The van der Waals surface area contributed by atoms with Crippen LogP contribution in [0, 0.1) is 11.3 Å². The summed E-state index contributed by atoms with van der Waals surface area (Å²) >= 11 is 0. The Hall–Kier alpha value is -1.06. The molecule has 0 bridgehead atoms. The van der Waals surface area contributed by atoms with Gasteiger partial charge in [0, 0.05) is 13.0 Å². The van der Waals surface area contributed by atoms with Crippen LogP contribution in [-0.2, 0) is 9.59 Å². The molecule has 0 aromatic rings. The topological polar surface area (TPSA) is 66.4 Å². The first kappa shape index (κ1) is 15.0. The summed E-state index contributed by atoms with van der Waals surface area (Å²) in [5, 5.41) is 11.9. The van der Waals surface area contributed by atoms with Crippen molar-refractivity contribution < 1.29 is 14.7 Å². The zero-order chi connectivity index (χ0) is 13.6. The molecular formula is C14H25NO3. The quantitative estimate of drug-likeness (QED) is 0.766. The van der Waals surface area contributed by atoms with E-state index in [1.165, 1.54) is 19.3 Å². The Morgan fingerprint density at radius 2 is 1.89 bits per heavy atom. The summed E-state index contributed by atoms with van der Waals surface area (Å²) < 4.78 is 0.